The molecule has 0 aromatic heterocycles. The molecule has 1 aromatic carbocycles. The van der Waals surface area contributed by atoms with Gasteiger partial charge in [0.1, 0.15) is 5.75 Å². The predicted molar refractivity (Wildman–Crippen MR) is 88.4 cm³/mol. The molecule has 112 valence electrons. The molecule has 0 spiro atoms. The largest absolute Gasteiger partial charge is 0.496 e. The lowest BCUT2D eigenvalue weighted by Crippen LogP contribution is -2.27. The number of rotatable bonds is 7. The molecule has 0 amide bonds. The number of benzene rings is 1. The zero-order valence-electron chi connectivity index (χ0n) is 12.8. The van der Waals surface area contributed by atoms with Crippen molar-refractivity contribution in [1.82, 2.24) is 5.32 Å². The lowest BCUT2D eigenvalue weighted by molar-refractivity contribution is 0.258. The fourth-order valence-electron chi connectivity index (χ4n) is 2.82. The van der Waals surface area contributed by atoms with E-state index in [-0.39, 0.29) is 0 Å². The number of aryl methyl sites for hydroxylation is 1. The van der Waals surface area contributed by atoms with Crippen molar-refractivity contribution in [2.24, 2.45) is 5.92 Å². The zero-order chi connectivity index (χ0) is 14.5. The Balaban J connectivity index is 2.23. The first kappa shape index (κ1) is 15.8. The minimum Gasteiger partial charge on any atom is -0.496 e. The van der Waals surface area contributed by atoms with Crippen LogP contribution in [0.5, 0.6) is 5.75 Å². The van der Waals surface area contributed by atoms with Crippen molar-refractivity contribution in [2.45, 2.75) is 52.0 Å². The number of hydrogen-bond acceptors (Lipinski definition) is 2. The summed E-state index contributed by atoms with van der Waals surface area (Å²) in [6.45, 7) is 5.39. The lowest BCUT2D eigenvalue weighted by Gasteiger charge is -2.31. The summed E-state index contributed by atoms with van der Waals surface area (Å²) in [5.41, 5.74) is 2.52. The Hall–Kier alpha value is -0.540. The number of methoxy groups -OCH3 is 1. The summed E-state index contributed by atoms with van der Waals surface area (Å²) < 4.78 is 6.79. The molecule has 1 aromatic rings. The lowest BCUT2D eigenvalue weighted by atomic mass is 9.79. The first-order valence-corrected chi connectivity index (χ1v) is 8.52. The molecule has 1 N–H and O–H groups in total. The molecule has 1 saturated carbocycles. The Morgan fingerprint density at radius 2 is 2.15 bits per heavy atom. The highest BCUT2D eigenvalue weighted by Gasteiger charge is 2.25. The molecule has 0 aliphatic heterocycles. The molecule has 1 fully saturated rings. The molecule has 2 nitrogen and oxygen atoms in total. The van der Waals surface area contributed by atoms with Crippen LogP contribution >= 0.6 is 15.9 Å². The third-order valence-corrected chi connectivity index (χ3v) is 5.18. The normalized spacial score (nSPS) is 16.8. The van der Waals surface area contributed by atoms with Crippen molar-refractivity contribution in [2.75, 3.05) is 13.7 Å². The quantitative estimate of drug-likeness (QED) is 0.754. The van der Waals surface area contributed by atoms with Crippen LogP contribution in [0.4, 0.5) is 0 Å². The van der Waals surface area contributed by atoms with E-state index < -0.39 is 0 Å². The summed E-state index contributed by atoms with van der Waals surface area (Å²) in [5.74, 6) is 1.90. The van der Waals surface area contributed by atoms with E-state index in [9.17, 15) is 0 Å². The van der Waals surface area contributed by atoms with Gasteiger partial charge in [0.25, 0.3) is 0 Å². The third-order valence-electron chi connectivity index (χ3n) is 4.32. The molecular formula is C17H26BrNO. The Bertz CT molecular complexity index is 443. The van der Waals surface area contributed by atoms with Gasteiger partial charge in [-0.05, 0) is 49.9 Å². The smallest absolute Gasteiger partial charge is 0.123 e. The van der Waals surface area contributed by atoms with Gasteiger partial charge in [0.2, 0.25) is 0 Å². The van der Waals surface area contributed by atoms with Crippen LogP contribution in [0.25, 0.3) is 0 Å². The monoisotopic (exact) mass is 339 g/mol. The van der Waals surface area contributed by atoms with E-state index in [1.807, 2.05) is 0 Å². The van der Waals surface area contributed by atoms with Gasteiger partial charge in [0.15, 0.2) is 0 Å². The summed E-state index contributed by atoms with van der Waals surface area (Å²) in [4.78, 5) is 0. The SMILES string of the molecule is CCCNC(CC1CCC1)c1cc(Br)c(C)cc1OC. The Labute approximate surface area is 131 Å². The van der Waals surface area contributed by atoms with Gasteiger partial charge in [0, 0.05) is 16.1 Å². The van der Waals surface area contributed by atoms with Gasteiger partial charge in [-0.15, -0.1) is 0 Å². The highest BCUT2D eigenvalue weighted by Crippen LogP contribution is 2.39. The van der Waals surface area contributed by atoms with E-state index in [1.165, 1.54) is 41.3 Å². The van der Waals surface area contributed by atoms with Gasteiger partial charge in [-0.25, -0.2) is 0 Å². The first-order chi connectivity index (χ1) is 9.65. The number of halogens is 1. The fraction of sp³-hybridized carbons (Fsp3) is 0.647. The maximum atomic E-state index is 5.61. The minimum atomic E-state index is 0.409. The van der Waals surface area contributed by atoms with E-state index in [2.05, 4.69) is 47.2 Å². The fourth-order valence-corrected chi connectivity index (χ4v) is 3.18. The second-order valence-corrected chi connectivity index (χ2v) is 6.74. The molecule has 20 heavy (non-hydrogen) atoms. The van der Waals surface area contributed by atoms with Gasteiger partial charge in [-0.3, -0.25) is 0 Å². The second kappa shape index (κ2) is 7.46. The van der Waals surface area contributed by atoms with Crippen LogP contribution in [0.1, 0.15) is 56.2 Å². The van der Waals surface area contributed by atoms with Crippen molar-refractivity contribution < 1.29 is 4.74 Å². The predicted octanol–water partition coefficient (Wildman–Crippen LogP) is 5.00. The maximum absolute atomic E-state index is 5.61. The molecule has 2 rings (SSSR count). The molecule has 1 unspecified atom stereocenters. The van der Waals surface area contributed by atoms with Crippen LogP contribution in [-0.4, -0.2) is 13.7 Å². The molecule has 0 heterocycles. The number of ether oxygens (including phenoxy) is 1. The van der Waals surface area contributed by atoms with E-state index in [0.29, 0.717) is 6.04 Å². The van der Waals surface area contributed by atoms with Crippen LogP contribution in [0, 0.1) is 12.8 Å². The first-order valence-electron chi connectivity index (χ1n) is 7.73. The highest BCUT2D eigenvalue weighted by atomic mass is 79.9. The van der Waals surface area contributed by atoms with Gasteiger partial charge in [0.05, 0.1) is 7.11 Å². The van der Waals surface area contributed by atoms with E-state index >= 15 is 0 Å². The van der Waals surface area contributed by atoms with Crippen molar-refractivity contribution in [1.29, 1.82) is 0 Å². The maximum Gasteiger partial charge on any atom is 0.123 e. The molecule has 0 saturated heterocycles. The standard InChI is InChI=1S/C17H26BrNO/c1-4-8-19-16(10-13-6-5-7-13)14-11-15(18)12(2)9-17(14)20-3/h9,11,13,16,19H,4-8,10H2,1-3H3. The van der Waals surface area contributed by atoms with Crippen molar-refractivity contribution in [3.8, 4) is 5.75 Å². The van der Waals surface area contributed by atoms with Gasteiger partial charge in [-0.2, -0.15) is 0 Å². The number of hydrogen-bond donors (Lipinski definition) is 1. The topological polar surface area (TPSA) is 21.3 Å². The van der Waals surface area contributed by atoms with Gasteiger partial charge in [-0.1, -0.05) is 42.1 Å². The Morgan fingerprint density at radius 3 is 2.70 bits per heavy atom. The molecule has 3 heteroatoms. The van der Waals surface area contributed by atoms with Crippen molar-refractivity contribution >= 4 is 15.9 Å². The van der Waals surface area contributed by atoms with E-state index in [4.69, 9.17) is 4.74 Å². The van der Waals surface area contributed by atoms with Crippen LogP contribution in [-0.2, 0) is 0 Å². The highest BCUT2D eigenvalue weighted by molar-refractivity contribution is 9.10. The van der Waals surface area contributed by atoms with Crippen LogP contribution in [0.3, 0.4) is 0 Å². The second-order valence-electron chi connectivity index (χ2n) is 5.88. The minimum absolute atomic E-state index is 0.409. The summed E-state index contributed by atoms with van der Waals surface area (Å²) in [6.07, 6.45) is 6.57. The Kier molecular flexibility index (Phi) is 5.91. The van der Waals surface area contributed by atoms with E-state index in [1.54, 1.807) is 7.11 Å². The number of nitrogens with one attached hydrogen (secondary N) is 1. The van der Waals surface area contributed by atoms with Crippen molar-refractivity contribution in [3.05, 3.63) is 27.7 Å². The van der Waals surface area contributed by atoms with Crippen LogP contribution < -0.4 is 10.1 Å². The summed E-state index contributed by atoms with van der Waals surface area (Å²) >= 11 is 3.66. The van der Waals surface area contributed by atoms with Crippen LogP contribution in [0.2, 0.25) is 0 Å². The van der Waals surface area contributed by atoms with E-state index in [0.717, 1.165) is 24.6 Å². The molecule has 0 bridgehead atoms. The van der Waals surface area contributed by atoms with Gasteiger partial charge >= 0.3 is 0 Å². The summed E-state index contributed by atoms with van der Waals surface area (Å²) in [6, 6.07) is 4.79. The third kappa shape index (κ3) is 3.76. The average molecular weight is 340 g/mol. The molecule has 0 radical (unpaired) electrons. The molecular weight excluding hydrogens is 314 g/mol. The zero-order valence-corrected chi connectivity index (χ0v) is 14.4. The van der Waals surface area contributed by atoms with Crippen molar-refractivity contribution in [3.63, 3.8) is 0 Å². The van der Waals surface area contributed by atoms with Crippen LogP contribution in [0.15, 0.2) is 16.6 Å². The molecule has 1 atom stereocenters. The summed E-state index contributed by atoms with van der Waals surface area (Å²) in [7, 11) is 1.77. The average Bonchev–Trinajstić information content (AvgIpc) is 2.40. The Morgan fingerprint density at radius 1 is 1.40 bits per heavy atom. The summed E-state index contributed by atoms with van der Waals surface area (Å²) in [5, 5.41) is 3.71. The molecule has 1 aliphatic carbocycles. The molecule has 1 aliphatic rings. The van der Waals surface area contributed by atoms with Gasteiger partial charge < -0.3 is 10.1 Å².